The van der Waals surface area contributed by atoms with Gasteiger partial charge in [-0.15, -0.1) is 5.10 Å². The quantitative estimate of drug-likeness (QED) is 0.774. The third kappa shape index (κ3) is 4.06. The van der Waals surface area contributed by atoms with Crippen LogP contribution >= 0.6 is 0 Å². The Kier molecular flexibility index (Phi) is 4.92. The molecule has 0 aliphatic rings. The lowest BCUT2D eigenvalue weighted by atomic mass is 10.3. The number of ether oxygens (including phenoxy) is 1. The van der Waals surface area contributed by atoms with E-state index in [1.807, 2.05) is 37.3 Å². The highest BCUT2D eigenvalue weighted by molar-refractivity contribution is 5.29. The summed E-state index contributed by atoms with van der Waals surface area (Å²) in [5.74, 6) is 0. The lowest BCUT2D eigenvalue weighted by Gasteiger charge is -2.11. The Morgan fingerprint density at radius 2 is 2.11 bits per heavy atom. The normalized spacial score (nSPS) is 12.3. The maximum absolute atomic E-state index is 5.66. The number of benzene rings is 1. The number of nitrogens with one attached hydrogen (secondary N) is 1. The second kappa shape index (κ2) is 6.89. The maximum atomic E-state index is 5.66. The Morgan fingerprint density at radius 1 is 1.32 bits per heavy atom. The molecule has 1 atom stereocenters. The lowest BCUT2D eigenvalue weighted by Crippen LogP contribution is -2.29. The number of rotatable bonds is 7. The molecule has 2 rings (SSSR count). The van der Waals surface area contributed by atoms with Crippen molar-refractivity contribution in [2.75, 3.05) is 13.1 Å². The molecule has 102 valence electrons. The summed E-state index contributed by atoms with van der Waals surface area (Å²) in [6.07, 6.45) is 2.84. The number of aromatic nitrogens is 3. The zero-order chi connectivity index (χ0) is 13.5. The molecule has 0 aliphatic heterocycles. The molecule has 5 nitrogen and oxygen atoms in total. The minimum absolute atomic E-state index is 0.0539. The summed E-state index contributed by atoms with van der Waals surface area (Å²) in [6.45, 7) is 5.95. The lowest BCUT2D eigenvalue weighted by molar-refractivity contribution is 0.200. The molecule has 1 N–H and O–H groups in total. The third-order valence-corrected chi connectivity index (χ3v) is 2.66. The van der Waals surface area contributed by atoms with Crippen molar-refractivity contribution in [2.45, 2.75) is 26.4 Å². The summed E-state index contributed by atoms with van der Waals surface area (Å²) in [6, 6.07) is 10.3. The van der Waals surface area contributed by atoms with Crippen molar-refractivity contribution in [1.82, 2.24) is 20.1 Å². The van der Waals surface area contributed by atoms with Crippen LogP contribution in [0.5, 0.6) is 6.01 Å². The molecule has 0 amide bonds. The van der Waals surface area contributed by atoms with Gasteiger partial charge in [0, 0.05) is 6.54 Å². The van der Waals surface area contributed by atoms with Gasteiger partial charge in [0.1, 0.15) is 12.4 Å². The molecule has 1 aromatic carbocycles. The third-order valence-electron chi connectivity index (χ3n) is 2.66. The zero-order valence-corrected chi connectivity index (χ0v) is 11.4. The molecule has 2 aromatic rings. The number of para-hydroxylation sites is 1. The summed E-state index contributed by atoms with van der Waals surface area (Å²) in [5.41, 5.74) is 0.974. The first kappa shape index (κ1) is 13.5. The molecule has 5 heteroatoms. The first-order valence-corrected chi connectivity index (χ1v) is 6.64. The van der Waals surface area contributed by atoms with Crippen LogP contribution in [-0.4, -0.2) is 34.0 Å². The Bertz CT molecular complexity index is 483. The van der Waals surface area contributed by atoms with Crippen LogP contribution in [0.25, 0.3) is 5.69 Å². The van der Waals surface area contributed by atoms with Gasteiger partial charge in [0.2, 0.25) is 0 Å². The Labute approximate surface area is 113 Å². The van der Waals surface area contributed by atoms with Gasteiger partial charge in [0.25, 0.3) is 0 Å². The molecule has 0 spiro atoms. The molecule has 0 radical (unpaired) electrons. The summed E-state index contributed by atoms with van der Waals surface area (Å²) in [5, 5.41) is 7.61. The van der Waals surface area contributed by atoms with Crippen molar-refractivity contribution in [1.29, 1.82) is 0 Å². The molecular weight excluding hydrogens is 240 g/mol. The van der Waals surface area contributed by atoms with Gasteiger partial charge in [0.15, 0.2) is 0 Å². The van der Waals surface area contributed by atoms with Gasteiger partial charge in [0.05, 0.1) is 5.69 Å². The number of hydrogen-bond acceptors (Lipinski definition) is 4. The topological polar surface area (TPSA) is 52.0 Å². The molecule has 0 bridgehead atoms. The van der Waals surface area contributed by atoms with E-state index in [1.54, 1.807) is 11.0 Å². The fraction of sp³-hybridized carbons (Fsp3) is 0.429. The maximum Gasteiger partial charge on any atom is 0.336 e. The van der Waals surface area contributed by atoms with E-state index in [0.717, 1.165) is 25.2 Å². The molecule has 0 saturated carbocycles. The fourth-order valence-corrected chi connectivity index (χ4v) is 1.71. The second-order valence-electron chi connectivity index (χ2n) is 4.44. The Morgan fingerprint density at radius 3 is 2.84 bits per heavy atom. The van der Waals surface area contributed by atoms with Crippen LogP contribution in [0.2, 0.25) is 0 Å². The van der Waals surface area contributed by atoms with Gasteiger partial charge in [-0.3, -0.25) is 0 Å². The van der Waals surface area contributed by atoms with Crippen LogP contribution < -0.4 is 10.1 Å². The highest BCUT2D eigenvalue weighted by Gasteiger charge is 2.08. The van der Waals surface area contributed by atoms with Crippen LogP contribution in [0.15, 0.2) is 36.7 Å². The Hall–Kier alpha value is -1.88. The molecule has 0 fully saturated rings. The van der Waals surface area contributed by atoms with E-state index >= 15 is 0 Å². The predicted octanol–water partition coefficient (Wildman–Crippen LogP) is 2.03. The van der Waals surface area contributed by atoms with Crippen molar-refractivity contribution in [3.63, 3.8) is 0 Å². The molecular formula is C14H20N4O. The molecule has 1 heterocycles. The average Bonchev–Trinajstić information content (AvgIpc) is 2.88. The van der Waals surface area contributed by atoms with Crippen molar-refractivity contribution in [3.05, 3.63) is 36.7 Å². The SMILES string of the molecule is CCCNCC(C)Oc1ncn(-c2ccccc2)n1. The minimum Gasteiger partial charge on any atom is -0.458 e. The van der Waals surface area contributed by atoms with E-state index < -0.39 is 0 Å². The zero-order valence-electron chi connectivity index (χ0n) is 11.4. The monoisotopic (exact) mass is 260 g/mol. The van der Waals surface area contributed by atoms with Crippen LogP contribution in [0.4, 0.5) is 0 Å². The molecule has 1 aromatic heterocycles. The Balaban J connectivity index is 1.91. The minimum atomic E-state index is 0.0539. The second-order valence-corrected chi connectivity index (χ2v) is 4.44. The van der Waals surface area contributed by atoms with Crippen LogP contribution in [0.1, 0.15) is 20.3 Å². The smallest absolute Gasteiger partial charge is 0.336 e. The number of nitrogens with zero attached hydrogens (tertiary/aromatic N) is 3. The van der Waals surface area contributed by atoms with Crippen molar-refractivity contribution >= 4 is 0 Å². The van der Waals surface area contributed by atoms with Crippen LogP contribution in [0.3, 0.4) is 0 Å². The van der Waals surface area contributed by atoms with Gasteiger partial charge < -0.3 is 10.1 Å². The average molecular weight is 260 g/mol. The summed E-state index contributed by atoms with van der Waals surface area (Å²) in [4.78, 5) is 4.16. The first-order valence-electron chi connectivity index (χ1n) is 6.64. The van der Waals surface area contributed by atoms with Gasteiger partial charge in [-0.25, -0.2) is 4.68 Å². The van der Waals surface area contributed by atoms with E-state index in [-0.39, 0.29) is 6.10 Å². The van der Waals surface area contributed by atoms with Gasteiger partial charge >= 0.3 is 6.01 Å². The summed E-state index contributed by atoms with van der Waals surface area (Å²) in [7, 11) is 0. The van der Waals surface area contributed by atoms with Gasteiger partial charge in [-0.2, -0.15) is 4.98 Å². The van der Waals surface area contributed by atoms with E-state index in [9.17, 15) is 0 Å². The highest BCUT2D eigenvalue weighted by atomic mass is 16.5. The molecule has 0 saturated heterocycles. The largest absolute Gasteiger partial charge is 0.458 e. The molecule has 1 unspecified atom stereocenters. The predicted molar refractivity (Wildman–Crippen MR) is 74.6 cm³/mol. The molecule has 19 heavy (non-hydrogen) atoms. The highest BCUT2D eigenvalue weighted by Crippen LogP contribution is 2.09. The van der Waals surface area contributed by atoms with Crippen LogP contribution in [-0.2, 0) is 0 Å². The summed E-state index contributed by atoms with van der Waals surface area (Å²) < 4.78 is 7.37. The van der Waals surface area contributed by atoms with E-state index in [2.05, 4.69) is 22.3 Å². The fourth-order valence-electron chi connectivity index (χ4n) is 1.71. The van der Waals surface area contributed by atoms with Crippen molar-refractivity contribution in [3.8, 4) is 11.7 Å². The summed E-state index contributed by atoms with van der Waals surface area (Å²) >= 11 is 0. The van der Waals surface area contributed by atoms with E-state index in [0.29, 0.717) is 6.01 Å². The van der Waals surface area contributed by atoms with Gasteiger partial charge in [-0.05, 0) is 32.0 Å². The molecule has 0 aliphatic carbocycles. The van der Waals surface area contributed by atoms with Gasteiger partial charge in [-0.1, -0.05) is 25.1 Å². The standard InChI is InChI=1S/C14H20N4O/c1-3-9-15-10-12(2)19-14-16-11-18(17-14)13-7-5-4-6-8-13/h4-8,11-12,15H,3,9-10H2,1-2H3. The van der Waals surface area contributed by atoms with Crippen LogP contribution in [0, 0.1) is 0 Å². The van der Waals surface area contributed by atoms with Crippen molar-refractivity contribution < 1.29 is 4.74 Å². The van der Waals surface area contributed by atoms with E-state index in [4.69, 9.17) is 4.74 Å². The van der Waals surface area contributed by atoms with E-state index in [1.165, 1.54) is 0 Å². The number of hydrogen-bond donors (Lipinski definition) is 1. The first-order chi connectivity index (χ1) is 9.29. The van der Waals surface area contributed by atoms with Crippen molar-refractivity contribution in [2.24, 2.45) is 0 Å².